The van der Waals surface area contributed by atoms with Gasteiger partial charge in [0.15, 0.2) is 0 Å². The number of nitrogens with zero attached hydrogens (tertiary/aromatic N) is 1. The number of hydrogen-bond acceptors (Lipinski definition) is 15. The lowest BCUT2D eigenvalue weighted by molar-refractivity contribution is -0.151. The number of esters is 2. The molecule has 16 nitrogen and oxygen atoms in total. The third-order valence-corrected chi connectivity index (χ3v) is 12.2. The van der Waals surface area contributed by atoms with E-state index in [2.05, 4.69) is 33.1 Å². The highest BCUT2D eigenvalue weighted by atomic mass is 16.6. The van der Waals surface area contributed by atoms with Gasteiger partial charge in [0.1, 0.15) is 31.9 Å². The minimum absolute atomic E-state index is 0.0186. The number of rotatable bonds is 31. The largest absolute Gasteiger partial charge is 0.462 e. The van der Waals surface area contributed by atoms with Crippen LogP contribution in [-0.2, 0) is 61.7 Å². The lowest BCUT2D eigenvalue weighted by Gasteiger charge is -2.49. The molecule has 4 atom stereocenters. The second-order valence-electron chi connectivity index (χ2n) is 20.0. The van der Waals surface area contributed by atoms with E-state index in [1.165, 1.54) is 38.5 Å². The van der Waals surface area contributed by atoms with E-state index >= 15 is 0 Å². The Hall–Kier alpha value is -2.15. The maximum absolute atomic E-state index is 12.6. The van der Waals surface area contributed by atoms with Gasteiger partial charge >= 0.3 is 18.0 Å². The van der Waals surface area contributed by atoms with Gasteiger partial charge in [0.05, 0.1) is 104 Å². The fourth-order valence-electron chi connectivity index (χ4n) is 10.7. The van der Waals surface area contributed by atoms with E-state index in [0.717, 1.165) is 66.2 Å². The maximum Gasteiger partial charge on any atom is 0.422 e. The average Bonchev–Trinajstić information content (AvgIpc) is 3.16. The van der Waals surface area contributed by atoms with E-state index in [4.69, 9.17) is 52.1 Å². The van der Waals surface area contributed by atoms with Crippen molar-refractivity contribution in [1.82, 2.24) is 10.4 Å². The second kappa shape index (κ2) is 28.1. The SMILES string of the molecule is CC1CC2CC(C)CC(OCCOCCOCCOCCOC(=O)CN(CC(=O)OCCOCCOCCOCCOC34CC(C)CC(CC(C)C3)C4)NC(=O)OC(C)(C)C)(C1)C2. The van der Waals surface area contributed by atoms with Crippen LogP contribution in [0.5, 0.6) is 0 Å². The summed E-state index contributed by atoms with van der Waals surface area (Å²) in [4.78, 5) is 37.6. The number of ether oxygens (including phenoxy) is 11. The van der Waals surface area contributed by atoms with E-state index in [0.29, 0.717) is 79.3 Å². The number of fused-ring (bicyclic) bond motifs is 4. The highest BCUT2D eigenvalue weighted by Gasteiger charge is 2.46. The highest BCUT2D eigenvalue weighted by molar-refractivity contribution is 5.76. The summed E-state index contributed by atoms with van der Waals surface area (Å²) in [6.45, 7) is 19.4. The Kier molecular flexibility index (Phi) is 23.9. The molecule has 4 fully saturated rings. The van der Waals surface area contributed by atoms with Crippen LogP contribution in [0.1, 0.15) is 113 Å². The molecule has 0 aromatic rings. The van der Waals surface area contributed by atoms with Crippen LogP contribution in [0, 0.1) is 35.5 Å². The van der Waals surface area contributed by atoms with Gasteiger partial charge in [-0.25, -0.2) is 4.79 Å². The summed E-state index contributed by atoms with van der Waals surface area (Å²) < 4.78 is 62.3. The Morgan fingerprint density at radius 2 is 0.778 bits per heavy atom. The monoisotopic (exact) mass is 901 g/mol. The summed E-state index contributed by atoms with van der Waals surface area (Å²) in [5, 5.41) is 1.08. The molecule has 0 saturated heterocycles. The Labute approximate surface area is 378 Å². The van der Waals surface area contributed by atoms with Crippen molar-refractivity contribution < 1.29 is 66.5 Å². The third-order valence-electron chi connectivity index (χ3n) is 12.2. The van der Waals surface area contributed by atoms with Crippen LogP contribution in [0.2, 0.25) is 0 Å². The van der Waals surface area contributed by atoms with Gasteiger partial charge in [-0.05, 0) is 120 Å². The van der Waals surface area contributed by atoms with Crippen molar-refractivity contribution >= 4 is 18.0 Å². The predicted molar refractivity (Wildman–Crippen MR) is 235 cm³/mol. The molecule has 0 aliphatic heterocycles. The molecule has 4 aliphatic rings. The molecular weight excluding hydrogens is 817 g/mol. The van der Waals surface area contributed by atoms with Crippen molar-refractivity contribution in [2.45, 2.75) is 129 Å². The van der Waals surface area contributed by atoms with Gasteiger partial charge in [-0.3, -0.25) is 15.0 Å². The van der Waals surface area contributed by atoms with Crippen molar-refractivity contribution in [2.75, 3.05) is 119 Å². The summed E-state index contributed by atoms with van der Waals surface area (Å²) in [5.41, 5.74) is 1.69. The summed E-state index contributed by atoms with van der Waals surface area (Å²) in [6, 6.07) is 0. The Morgan fingerprint density at radius 3 is 1.10 bits per heavy atom. The molecule has 0 radical (unpaired) electrons. The smallest absolute Gasteiger partial charge is 0.422 e. The van der Waals surface area contributed by atoms with Crippen LogP contribution in [0.3, 0.4) is 0 Å². The molecule has 1 N–H and O–H groups in total. The molecule has 4 unspecified atom stereocenters. The van der Waals surface area contributed by atoms with Crippen LogP contribution >= 0.6 is 0 Å². The average molecular weight is 901 g/mol. The van der Waals surface area contributed by atoms with Gasteiger partial charge in [0.2, 0.25) is 0 Å². The number of carbonyl (C=O) groups is 3. The Morgan fingerprint density at radius 1 is 0.476 bits per heavy atom. The topological polar surface area (TPSA) is 168 Å². The van der Waals surface area contributed by atoms with Crippen LogP contribution in [0.25, 0.3) is 0 Å². The first kappa shape index (κ1) is 53.5. The molecule has 0 aromatic heterocycles. The van der Waals surface area contributed by atoms with Gasteiger partial charge in [-0.15, -0.1) is 0 Å². The van der Waals surface area contributed by atoms with Crippen molar-refractivity contribution in [3.63, 3.8) is 0 Å². The predicted octanol–water partition coefficient (Wildman–Crippen LogP) is 6.16. The lowest BCUT2D eigenvalue weighted by atomic mass is 9.63. The fraction of sp³-hybridized carbons (Fsp3) is 0.936. The van der Waals surface area contributed by atoms with Gasteiger partial charge in [-0.2, -0.15) is 5.01 Å². The van der Waals surface area contributed by atoms with Crippen molar-refractivity contribution in [1.29, 1.82) is 0 Å². The zero-order valence-electron chi connectivity index (χ0n) is 39.9. The number of hydrogen-bond donors (Lipinski definition) is 1. The molecule has 4 aliphatic carbocycles. The molecule has 4 bridgehead atoms. The second-order valence-corrected chi connectivity index (χ2v) is 20.0. The van der Waals surface area contributed by atoms with Gasteiger partial charge in [0, 0.05) is 0 Å². The number of nitrogens with one attached hydrogen (secondary N) is 1. The van der Waals surface area contributed by atoms with Gasteiger partial charge in [-0.1, -0.05) is 27.7 Å². The van der Waals surface area contributed by atoms with Crippen LogP contribution in [0.15, 0.2) is 0 Å². The van der Waals surface area contributed by atoms with Crippen molar-refractivity contribution in [3.8, 4) is 0 Å². The normalized spacial score (nSPS) is 28.1. The minimum Gasteiger partial charge on any atom is -0.462 e. The molecule has 0 aromatic carbocycles. The van der Waals surface area contributed by atoms with E-state index in [1.54, 1.807) is 20.8 Å². The van der Waals surface area contributed by atoms with Crippen LogP contribution < -0.4 is 5.43 Å². The van der Waals surface area contributed by atoms with Gasteiger partial charge in [0.25, 0.3) is 0 Å². The molecule has 4 saturated carbocycles. The Bertz CT molecular complexity index is 1190. The molecule has 366 valence electrons. The molecule has 0 spiro atoms. The zero-order valence-corrected chi connectivity index (χ0v) is 39.9. The highest BCUT2D eigenvalue weighted by Crippen LogP contribution is 2.50. The Balaban J connectivity index is 0.959. The van der Waals surface area contributed by atoms with Crippen LogP contribution in [-0.4, -0.2) is 159 Å². The first-order valence-corrected chi connectivity index (χ1v) is 23.9. The van der Waals surface area contributed by atoms with Crippen LogP contribution in [0.4, 0.5) is 4.79 Å². The first-order valence-electron chi connectivity index (χ1n) is 23.9. The fourth-order valence-corrected chi connectivity index (χ4v) is 10.7. The van der Waals surface area contributed by atoms with E-state index in [1.807, 2.05) is 0 Å². The van der Waals surface area contributed by atoms with Crippen molar-refractivity contribution in [2.24, 2.45) is 35.5 Å². The van der Waals surface area contributed by atoms with E-state index in [-0.39, 0.29) is 37.6 Å². The minimum atomic E-state index is -0.830. The van der Waals surface area contributed by atoms with E-state index in [9.17, 15) is 14.4 Å². The summed E-state index contributed by atoms with van der Waals surface area (Å²) in [5.74, 6) is 3.14. The molecular formula is C47H84N2O14. The summed E-state index contributed by atoms with van der Waals surface area (Å²) in [7, 11) is 0. The summed E-state index contributed by atoms with van der Waals surface area (Å²) >= 11 is 0. The molecule has 1 amide bonds. The van der Waals surface area contributed by atoms with Crippen molar-refractivity contribution in [3.05, 3.63) is 0 Å². The number of hydrazine groups is 1. The quantitative estimate of drug-likeness (QED) is 0.0364. The number of amides is 1. The molecule has 63 heavy (non-hydrogen) atoms. The van der Waals surface area contributed by atoms with Gasteiger partial charge < -0.3 is 52.1 Å². The molecule has 16 heteroatoms. The molecule has 4 rings (SSSR count). The third kappa shape index (κ3) is 22.3. The number of carbonyl (C=O) groups excluding carboxylic acids is 3. The standard InChI is InChI=1S/C47H84N2O14/c1-36-24-40-25-37(2)29-46(28-36,32-40)61-22-18-57-14-10-53-8-12-55-16-20-59-42(50)34-49(48-44(52)63-45(5,6)7)35-43(51)60-21-17-56-13-9-54-11-15-58-19-23-62-47-30-38(3)26-41(33-47)27-39(4)31-47/h36-41H,8-35H2,1-7H3,(H,48,52). The first-order chi connectivity index (χ1) is 30.1. The van der Waals surface area contributed by atoms with E-state index < -0.39 is 36.7 Å². The zero-order chi connectivity index (χ0) is 45.6. The lowest BCUT2D eigenvalue weighted by Crippen LogP contribution is -2.49. The summed E-state index contributed by atoms with van der Waals surface area (Å²) in [6.07, 6.45) is 11.5. The molecule has 0 heterocycles. The maximum atomic E-state index is 12.6.